The number of benzene rings is 10. The van der Waals surface area contributed by atoms with E-state index in [4.69, 9.17) is 4.42 Å². The van der Waals surface area contributed by atoms with E-state index >= 15 is 0 Å². The molecule has 0 bridgehead atoms. The van der Waals surface area contributed by atoms with Gasteiger partial charge in [-0.05, 0) is 134 Å². The number of para-hydroxylation sites is 3. The molecule has 300 valence electrons. The summed E-state index contributed by atoms with van der Waals surface area (Å²) in [5.41, 5.74) is 20.8. The maximum Gasteiger partial charge on any atom is 0.137 e. The minimum atomic E-state index is -0.413. The van der Waals surface area contributed by atoms with Crippen molar-refractivity contribution in [3.8, 4) is 33.4 Å². The molecule has 0 aliphatic heterocycles. The zero-order chi connectivity index (χ0) is 42.2. The second-order valence-electron chi connectivity index (χ2n) is 16.8. The predicted molar refractivity (Wildman–Crippen MR) is 265 cm³/mol. The van der Waals surface area contributed by atoms with Crippen molar-refractivity contribution in [1.29, 1.82) is 0 Å². The van der Waals surface area contributed by atoms with Crippen LogP contribution in [0.15, 0.2) is 247 Å². The molecule has 0 unspecified atom stereocenters. The quantitative estimate of drug-likeness (QED) is 0.160. The van der Waals surface area contributed by atoms with Crippen LogP contribution in [0.5, 0.6) is 0 Å². The van der Waals surface area contributed by atoms with Gasteiger partial charge in [0, 0.05) is 51.0 Å². The van der Waals surface area contributed by atoms with Crippen molar-refractivity contribution in [2.75, 3.05) is 9.80 Å². The predicted octanol–water partition coefficient (Wildman–Crippen LogP) is 16.5. The van der Waals surface area contributed by atoms with Gasteiger partial charge < -0.3 is 14.2 Å². The summed E-state index contributed by atoms with van der Waals surface area (Å²) in [4.78, 5) is 4.69. The van der Waals surface area contributed by atoms with Crippen molar-refractivity contribution in [2.45, 2.75) is 5.41 Å². The van der Waals surface area contributed by atoms with Gasteiger partial charge >= 0.3 is 0 Å². The molecule has 2 aliphatic rings. The first-order valence-corrected chi connectivity index (χ1v) is 22.0. The van der Waals surface area contributed by atoms with E-state index in [-0.39, 0.29) is 0 Å². The Morgan fingerprint density at radius 3 is 1.20 bits per heavy atom. The van der Waals surface area contributed by atoms with Gasteiger partial charge in [0.25, 0.3) is 0 Å². The number of hydrogen-bond donors (Lipinski definition) is 0. The number of anilines is 6. The lowest BCUT2D eigenvalue weighted by Gasteiger charge is -2.32. The number of nitrogens with zero attached hydrogens (tertiary/aromatic N) is 2. The molecule has 0 atom stereocenters. The third-order valence-electron chi connectivity index (χ3n) is 13.5. The van der Waals surface area contributed by atoms with Gasteiger partial charge in [-0.25, -0.2) is 0 Å². The third-order valence-corrected chi connectivity index (χ3v) is 13.5. The largest absolute Gasteiger partial charge is 0.456 e. The van der Waals surface area contributed by atoms with E-state index in [1.165, 1.54) is 44.5 Å². The Labute approximate surface area is 372 Å². The molecule has 1 spiro atoms. The smallest absolute Gasteiger partial charge is 0.137 e. The molecule has 0 fully saturated rings. The van der Waals surface area contributed by atoms with Crippen LogP contribution >= 0.6 is 0 Å². The third kappa shape index (κ3) is 5.41. The van der Waals surface area contributed by atoms with Crippen molar-refractivity contribution in [1.82, 2.24) is 0 Å². The topological polar surface area (TPSA) is 19.6 Å². The Bertz CT molecular complexity index is 3490. The standard InChI is InChI=1S/C61H40N2O/c1-3-15-43(16-4-1)62(47-35-37-52-51-21-9-13-25-57(51)61(58(52)39-47)55-23-11-7-19-49(55)50-20-8-12-24-56(50)61)45-31-27-41(28-32-45)42-29-33-46(34-30-42)63(44-17-5-2-6-18-44)48-36-38-54-53-22-10-14-26-59(53)64-60(54)40-48/h1-40H. The summed E-state index contributed by atoms with van der Waals surface area (Å²) in [5, 5.41) is 2.25. The highest BCUT2D eigenvalue weighted by molar-refractivity contribution is 6.06. The zero-order valence-corrected chi connectivity index (χ0v) is 34.9. The fourth-order valence-electron chi connectivity index (χ4n) is 10.7. The van der Waals surface area contributed by atoms with E-state index in [0.717, 1.165) is 67.2 Å². The van der Waals surface area contributed by atoms with Crippen LogP contribution in [0.4, 0.5) is 34.1 Å². The van der Waals surface area contributed by atoms with Gasteiger partial charge in [0.15, 0.2) is 0 Å². The molecule has 0 amide bonds. The molecule has 0 radical (unpaired) electrons. The number of rotatable bonds is 7. The molecule has 1 heterocycles. The van der Waals surface area contributed by atoms with Crippen LogP contribution in [0, 0.1) is 0 Å². The SMILES string of the molecule is c1ccc(N(c2ccc(-c3ccc(N(c4ccccc4)c4ccc5c(c4)oc4ccccc45)cc3)cc2)c2ccc3c(c2)C2(c4ccccc4-c4ccccc42)c2ccccc2-3)cc1. The van der Waals surface area contributed by atoms with Crippen LogP contribution in [-0.2, 0) is 5.41 Å². The first-order valence-electron chi connectivity index (χ1n) is 22.0. The van der Waals surface area contributed by atoms with E-state index in [1.54, 1.807) is 0 Å². The van der Waals surface area contributed by atoms with Gasteiger partial charge in [0.1, 0.15) is 11.2 Å². The van der Waals surface area contributed by atoms with Crippen LogP contribution in [-0.4, -0.2) is 0 Å². The molecular weight excluding hydrogens is 777 g/mol. The number of furan rings is 1. The Morgan fingerprint density at radius 1 is 0.266 bits per heavy atom. The average Bonchev–Trinajstić information content (AvgIpc) is 3.99. The fraction of sp³-hybridized carbons (Fsp3) is 0.0164. The lowest BCUT2D eigenvalue weighted by atomic mass is 9.70. The highest BCUT2D eigenvalue weighted by Gasteiger charge is 2.51. The van der Waals surface area contributed by atoms with Crippen LogP contribution < -0.4 is 9.80 Å². The van der Waals surface area contributed by atoms with Crippen molar-refractivity contribution >= 4 is 56.1 Å². The summed E-state index contributed by atoms with van der Waals surface area (Å²) in [5.74, 6) is 0. The maximum atomic E-state index is 6.32. The maximum absolute atomic E-state index is 6.32. The fourth-order valence-corrected chi connectivity index (χ4v) is 10.7. The van der Waals surface area contributed by atoms with Crippen molar-refractivity contribution < 1.29 is 4.42 Å². The van der Waals surface area contributed by atoms with Crippen LogP contribution in [0.25, 0.3) is 55.3 Å². The lowest BCUT2D eigenvalue weighted by Crippen LogP contribution is -2.26. The lowest BCUT2D eigenvalue weighted by molar-refractivity contribution is 0.669. The normalized spacial score (nSPS) is 12.8. The molecule has 10 aromatic carbocycles. The minimum absolute atomic E-state index is 0.413. The molecule has 64 heavy (non-hydrogen) atoms. The Morgan fingerprint density at radius 2 is 0.656 bits per heavy atom. The van der Waals surface area contributed by atoms with Gasteiger partial charge in [-0.3, -0.25) is 0 Å². The molecule has 11 aromatic rings. The molecular formula is C61H40N2O. The van der Waals surface area contributed by atoms with Gasteiger partial charge in [-0.1, -0.05) is 158 Å². The Balaban J connectivity index is 0.881. The monoisotopic (exact) mass is 816 g/mol. The minimum Gasteiger partial charge on any atom is -0.456 e. The van der Waals surface area contributed by atoms with Gasteiger partial charge in [0.2, 0.25) is 0 Å². The molecule has 0 saturated heterocycles. The second kappa shape index (κ2) is 14.3. The Hall–Kier alpha value is -8.40. The summed E-state index contributed by atoms with van der Waals surface area (Å²) in [7, 11) is 0. The molecule has 0 N–H and O–H groups in total. The van der Waals surface area contributed by atoms with Gasteiger partial charge in [-0.15, -0.1) is 0 Å². The first-order chi connectivity index (χ1) is 31.7. The zero-order valence-electron chi connectivity index (χ0n) is 34.9. The molecule has 13 rings (SSSR count). The molecule has 2 aliphatic carbocycles. The van der Waals surface area contributed by atoms with Crippen molar-refractivity contribution in [3.63, 3.8) is 0 Å². The number of hydrogen-bond acceptors (Lipinski definition) is 3. The van der Waals surface area contributed by atoms with Gasteiger partial charge in [-0.2, -0.15) is 0 Å². The highest BCUT2D eigenvalue weighted by atomic mass is 16.3. The average molecular weight is 817 g/mol. The summed E-state index contributed by atoms with van der Waals surface area (Å²) < 4.78 is 6.32. The molecule has 3 nitrogen and oxygen atoms in total. The number of fused-ring (bicyclic) bond motifs is 13. The molecule has 0 saturated carbocycles. The van der Waals surface area contributed by atoms with Crippen molar-refractivity contribution in [3.05, 3.63) is 265 Å². The molecule has 1 aromatic heterocycles. The van der Waals surface area contributed by atoms with Crippen LogP contribution in [0.2, 0.25) is 0 Å². The van der Waals surface area contributed by atoms with E-state index in [2.05, 4.69) is 240 Å². The summed E-state index contributed by atoms with van der Waals surface area (Å²) in [6, 6.07) is 88.1. The summed E-state index contributed by atoms with van der Waals surface area (Å²) in [6.07, 6.45) is 0. The van der Waals surface area contributed by atoms with Gasteiger partial charge in [0.05, 0.1) is 5.41 Å². The first kappa shape index (κ1) is 36.3. The van der Waals surface area contributed by atoms with Crippen molar-refractivity contribution in [2.24, 2.45) is 0 Å². The van der Waals surface area contributed by atoms with E-state index in [0.29, 0.717) is 0 Å². The van der Waals surface area contributed by atoms with Crippen LogP contribution in [0.1, 0.15) is 22.3 Å². The van der Waals surface area contributed by atoms with E-state index in [1.807, 2.05) is 12.1 Å². The van der Waals surface area contributed by atoms with Crippen LogP contribution in [0.3, 0.4) is 0 Å². The Kier molecular flexibility index (Phi) is 8.13. The van der Waals surface area contributed by atoms with E-state index in [9.17, 15) is 0 Å². The summed E-state index contributed by atoms with van der Waals surface area (Å²) in [6.45, 7) is 0. The summed E-state index contributed by atoms with van der Waals surface area (Å²) >= 11 is 0. The van der Waals surface area contributed by atoms with E-state index < -0.39 is 5.41 Å². The second-order valence-corrected chi connectivity index (χ2v) is 16.8. The highest BCUT2D eigenvalue weighted by Crippen LogP contribution is 2.63. The molecule has 3 heteroatoms.